The predicted octanol–water partition coefficient (Wildman–Crippen LogP) is 6.50. The highest BCUT2D eigenvalue weighted by molar-refractivity contribution is 6.31. The van der Waals surface area contributed by atoms with Gasteiger partial charge >= 0.3 is 0 Å². The first kappa shape index (κ1) is 22.7. The largest absolute Gasteiger partial charge is 0.329 e. The lowest BCUT2D eigenvalue weighted by atomic mass is 9.86. The smallest absolute Gasteiger partial charge is 0.229 e. The molecule has 0 atom stereocenters. The van der Waals surface area contributed by atoms with Gasteiger partial charge in [-0.2, -0.15) is 4.98 Å². The molecule has 0 saturated carbocycles. The first-order valence-electron chi connectivity index (χ1n) is 10.5. The van der Waals surface area contributed by atoms with Gasteiger partial charge in [0.05, 0.1) is 17.2 Å². The van der Waals surface area contributed by atoms with Gasteiger partial charge in [0.1, 0.15) is 11.6 Å². The van der Waals surface area contributed by atoms with E-state index in [1.165, 1.54) is 22.3 Å². The maximum absolute atomic E-state index is 15.0. The zero-order chi connectivity index (χ0) is 23.9. The van der Waals surface area contributed by atoms with E-state index in [1.807, 2.05) is 24.3 Å². The standard InChI is InChI=1S/C26H25ClFN5/c1-26(2,3)18-10-8-16(9-11-18)17-6-5-7-20(12-17)32(4)24-23-21(28)13-19(27)14-22(23)33(15-29)25(30)31-24/h5-15,29-30H,1-4H3. The summed E-state index contributed by atoms with van der Waals surface area (Å²) in [6, 6.07) is 19.1. The monoisotopic (exact) mass is 461 g/mol. The van der Waals surface area contributed by atoms with Gasteiger partial charge in [-0.3, -0.25) is 15.4 Å². The molecule has 33 heavy (non-hydrogen) atoms. The number of rotatable bonds is 4. The van der Waals surface area contributed by atoms with E-state index >= 15 is 4.39 Å². The van der Waals surface area contributed by atoms with Crippen molar-refractivity contribution in [3.63, 3.8) is 0 Å². The van der Waals surface area contributed by atoms with E-state index in [0.29, 0.717) is 5.52 Å². The molecule has 0 spiro atoms. The molecule has 0 unspecified atom stereocenters. The zero-order valence-corrected chi connectivity index (χ0v) is 19.7. The number of halogens is 2. The van der Waals surface area contributed by atoms with Crippen LogP contribution >= 0.6 is 11.6 Å². The maximum Gasteiger partial charge on any atom is 0.229 e. The van der Waals surface area contributed by atoms with Gasteiger partial charge in [-0.1, -0.05) is 68.8 Å². The van der Waals surface area contributed by atoms with E-state index in [0.717, 1.165) is 23.2 Å². The molecule has 5 nitrogen and oxygen atoms in total. The Bertz CT molecular complexity index is 1420. The molecule has 168 valence electrons. The summed E-state index contributed by atoms with van der Waals surface area (Å²) in [5.41, 5.74) is 4.35. The number of nitrogens with zero attached hydrogens (tertiary/aromatic N) is 3. The number of benzene rings is 3. The van der Waals surface area contributed by atoms with Crippen molar-refractivity contribution >= 4 is 40.3 Å². The van der Waals surface area contributed by atoms with Crippen LogP contribution in [0.1, 0.15) is 26.3 Å². The minimum absolute atomic E-state index is 0.0783. The van der Waals surface area contributed by atoms with Gasteiger partial charge in [-0.25, -0.2) is 4.39 Å². The van der Waals surface area contributed by atoms with Crippen molar-refractivity contribution in [2.75, 3.05) is 11.9 Å². The third-order valence-electron chi connectivity index (χ3n) is 5.72. The van der Waals surface area contributed by atoms with Crippen LogP contribution in [0.3, 0.4) is 0 Å². The van der Waals surface area contributed by atoms with Gasteiger partial charge in [0, 0.05) is 17.8 Å². The zero-order valence-electron chi connectivity index (χ0n) is 18.9. The number of hydrogen-bond acceptors (Lipinski definition) is 4. The van der Waals surface area contributed by atoms with Crippen LogP contribution in [-0.4, -0.2) is 22.9 Å². The molecule has 0 aliphatic rings. The lowest BCUT2D eigenvalue weighted by Crippen LogP contribution is -2.27. The molecule has 1 aromatic heterocycles. The molecule has 0 aliphatic carbocycles. The van der Waals surface area contributed by atoms with Crippen molar-refractivity contribution < 1.29 is 4.39 Å². The lowest BCUT2D eigenvalue weighted by molar-refractivity contribution is 0.590. The molecule has 0 amide bonds. The second kappa shape index (κ2) is 8.45. The normalized spacial score (nSPS) is 11.6. The van der Waals surface area contributed by atoms with Crippen LogP contribution in [0, 0.1) is 16.6 Å². The van der Waals surface area contributed by atoms with E-state index < -0.39 is 5.82 Å². The van der Waals surface area contributed by atoms with E-state index in [1.54, 1.807) is 11.9 Å². The van der Waals surface area contributed by atoms with E-state index in [4.69, 9.17) is 22.4 Å². The van der Waals surface area contributed by atoms with E-state index in [-0.39, 0.29) is 27.3 Å². The molecular formula is C26H25ClFN5. The van der Waals surface area contributed by atoms with Gasteiger partial charge in [-0.05, 0) is 46.4 Å². The molecule has 4 aromatic rings. The predicted molar refractivity (Wildman–Crippen MR) is 133 cm³/mol. The fraction of sp³-hybridized carbons (Fsp3) is 0.192. The Labute approximate surface area is 197 Å². The van der Waals surface area contributed by atoms with Crippen molar-refractivity contribution in [2.24, 2.45) is 0 Å². The summed E-state index contributed by atoms with van der Waals surface area (Å²) < 4.78 is 16.2. The molecule has 1 heterocycles. The molecule has 7 heteroatoms. The molecule has 2 N–H and O–H groups in total. The molecule has 3 aromatic carbocycles. The Hall–Kier alpha value is -3.51. The Balaban J connectivity index is 1.82. The van der Waals surface area contributed by atoms with Crippen LogP contribution in [-0.2, 0) is 5.41 Å². The summed E-state index contributed by atoms with van der Waals surface area (Å²) >= 11 is 6.06. The molecule has 4 rings (SSSR count). The Morgan fingerprint density at radius 3 is 2.36 bits per heavy atom. The molecule has 0 bridgehead atoms. The number of hydrogen-bond donors (Lipinski definition) is 2. The van der Waals surface area contributed by atoms with Gasteiger partial charge < -0.3 is 4.90 Å². The van der Waals surface area contributed by atoms with E-state index in [2.05, 4.69) is 50.0 Å². The SMILES string of the molecule is CN(c1cccc(-c2ccc(C(C)(C)C)cc2)c1)c1nc(=N)n(C=N)c2cc(Cl)cc(F)c12. The summed E-state index contributed by atoms with van der Waals surface area (Å²) in [4.78, 5) is 6.05. The fourth-order valence-corrected chi connectivity index (χ4v) is 4.05. The van der Waals surface area contributed by atoms with Gasteiger partial charge in [0.15, 0.2) is 0 Å². The van der Waals surface area contributed by atoms with Crippen LogP contribution in [0.15, 0.2) is 60.7 Å². The quantitative estimate of drug-likeness (QED) is 0.269. The maximum atomic E-state index is 15.0. The number of aromatic nitrogens is 2. The minimum Gasteiger partial charge on any atom is -0.329 e. The molecule has 0 radical (unpaired) electrons. The van der Waals surface area contributed by atoms with E-state index in [9.17, 15) is 0 Å². The van der Waals surface area contributed by atoms with Gasteiger partial charge in [-0.15, -0.1) is 0 Å². The Kier molecular flexibility index (Phi) is 5.80. The van der Waals surface area contributed by atoms with Crippen molar-refractivity contribution in [2.45, 2.75) is 26.2 Å². The first-order valence-corrected chi connectivity index (χ1v) is 10.9. The third-order valence-corrected chi connectivity index (χ3v) is 5.94. The fourth-order valence-electron chi connectivity index (χ4n) is 3.85. The second-order valence-electron chi connectivity index (χ2n) is 8.98. The van der Waals surface area contributed by atoms with Crippen molar-refractivity contribution in [3.05, 3.63) is 82.7 Å². The third kappa shape index (κ3) is 4.26. The van der Waals surface area contributed by atoms with Crippen LogP contribution in [0.2, 0.25) is 5.02 Å². The summed E-state index contributed by atoms with van der Waals surface area (Å²) in [5, 5.41) is 16.3. The molecule has 0 fully saturated rings. The van der Waals surface area contributed by atoms with Crippen LogP contribution in [0.5, 0.6) is 0 Å². The second-order valence-corrected chi connectivity index (χ2v) is 9.41. The van der Waals surface area contributed by atoms with Crippen LogP contribution < -0.4 is 10.5 Å². The minimum atomic E-state index is -0.559. The van der Waals surface area contributed by atoms with Crippen LogP contribution in [0.4, 0.5) is 15.9 Å². The number of anilines is 2. The molecule has 0 aliphatic heterocycles. The Morgan fingerprint density at radius 1 is 1.03 bits per heavy atom. The summed E-state index contributed by atoms with van der Waals surface area (Å²) in [5.74, 6) is -0.279. The lowest BCUT2D eigenvalue weighted by Gasteiger charge is -2.22. The Morgan fingerprint density at radius 2 is 1.73 bits per heavy atom. The highest BCUT2D eigenvalue weighted by Gasteiger charge is 2.18. The number of fused-ring (bicyclic) bond motifs is 1. The average molecular weight is 462 g/mol. The summed E-state index contributed by atoms with van der Waals surface area (Å²) in [6.45, 7) is 6.55. The van der Waals surface area contributed by atoms with Crippen molar-refractivity contribution in [1.29, 1.82) is 10.8 Å². The first-order chi connectivity index (χ1) is 15.6. The van der Waals surface area contributed by atoms with Crippen molar-refractivity contribution in [1.82, 2.24) is 9.55 Å². The van der Waals surface area contributed by atoms with Crippen molar-refractivity contribution in [3.8, 4) is 11.1 Å². The highest BCUT2D eigenvalue weighted by atomic mass is 35.5. The summed E-state index contributed by atoms with van der Waals surface area (Å²) in [7, 11) is 1.78. The summed E-state index contributed by atoms with van der Waals surface area (Å²) in [6.07, 6.45) is 0.930. The number of nitrogens with one attached hydrogen (secondary N) is 2. The topological polar surface area (TPSA) is 68.8 Å². The van der Waals surface area contributed by atoms with Crippen LogP contribution in [0.25, 0.3) is 22.0 Å². The molecule has 0 saturated heterocycles. The van der Waals surface area contributed by atoms with Gasteiger partial charge in [0.2, 0.25) is 5.62 Å². The average Bonchev–Trinajstić information content (AvgIpc) is 2.77. The van der Waals surface area contributed by atoms with Gasteiger partial charge in [0.25, 0.3) is 0 Å². The molecular weight excluding hydrogens is 437 g/mol. The highest BCUT2D eigenvalue weighted by Crippen LogP contribution is 2.34.